The van der Waals surface area contributed by atoms with Gasteiger partial charge in [0.1, 0.15) is 0 Å². The number of aryl methyl sites for hydroxylation is 1. The summed E-state index contributed by atoms with van der Waals surface area (Å²) in [6, 6.07) is 13.4. The molecule has 1 saturated heterocycles. The molecule has 0 aromatic heterocycles. The second-order valence-corrected chi connectivity index (χ2v) is 7.30. The highest BCUT2D eigenvalue weighted by atomic mass is 35.5. The van der Waals surface area contributed by atoms with Crippen molar-refractivity contribution in [1.29, 1.82) is 0 Å². The van der Waals surface area contributed by atoms with Crippen LogP contribution in [0.5, 0.6) is 0 Å². The van der Waals surface area contributed by atoms with Crippen molar-refractivity contribution in [3.63, 3.8) is 0 Å². The van der Waals surface area contributed by atoms with Gasteiger partial charge in [-0.05, 0) is 48.5 Å². The SMILES string of the molecule is CCc1ccc(C(=O)N2CCN(c3c(Cl)cccc3NC(N)=S)CC2)cc1. The van der Waals surface area contributed by atoms with Crippen molar-refractivity contribution in [3.05, 3.63) is 58.6 Å². The quantitative estimate of drug-likeness (QED) is 0.766. The van der Waals surface area contributed by atoms with E-state index in [4.69, 9.17) is 29.6 Å². The molecule has 3 N–H and O–H groups in total. The largest absolute Gasteiger partial charge is 0.376 e. The molecule has 7 heteroatoms. The minimum absolute atomic E-state index is 0.0675. The van der Waals surface area contributed by atoms with Crippen LogP contribution in [0.3, 0.4) is 0 Å². The summed E-state index contributed by atoms with van der Waals surface area (Å²) in [4.78, 5) is 16.8. The van der Waals surface area contributed by atoms with Crippen LogP contribution in [0.2, 0.25) is 5.02 Å². The smallest absolute Gasteiger partial charge is 0.253 e. The molecule has 0 spiro atoms. The Morgan fingerprint density at radius 3 is 2.41 bits per heavy atom. The lowest BCUT2D eigenvalue weighted by Crippen LogP contribution is -2.49. The van der Waals surface area contributed by atoms with E-state index in [0.29, 0.717) is 31.2 Å². The number of benzene rings is 2. The number of halogens is 1. The first kappa shape index (κ1) is 19.5. The Kier molecular flexibility index (Phi) is 6.19. The van der Waals surface area contributed by atoms with Crippen molar-refractivity contribution in [1.82, 2.24) is 4.90 Å². The summed E-state index contributed by atoms with van der Waals surface area (Å²) in [5.74, 6) is 0.0675. The Labute approximate surface area is 170 Å². The van der Waals surface area contributed by atoms with Crippen molar-refractivity contribution in [2.45, 2.75) is 13.3 Å². The van der Waals surface area contributed by atoms with Gasteiger partial charge in [-0.25, -0.2) is 0 Å². The van der Waals surface area contributed by atoms with E-state index in [1.54, 1.807) is 0 Å². The molecule has 1 aliphatic heterocycles. The van der Waals surface area contributed by atoms with Crippen LogP contribution in [0, 0.1) is 0 Å². The van der Waals surface area contributed by atoms with Gasteiger partial charge in [-0.3, -0.25) is 4.79 Å². The minimum atomic E-state index is 0.0675. The van der Waals surface area contributed by atoms with Gasteiger partial charge < -0.3 is 20.9 Å². The average molecular weight is 403 g/mol. The Morgan fingerprint density at radius 1 is 1.15 bits per heavy atom. The van der Waals surface area contributed by atoms with Crippen molar-refractivity contribution >= 4 is 46.2 Å². The molecule has 5 nitrogen and oxygen atoms in total. The fourth-order valence-electron chi connectivity index (χ4n) is 3.27. The Bertz CT molecular complexity index is 832. The lowest BCUT2D eigenvalue weighted by molar-refractivity contribution is 0.0747. The number of carbonyl (C=O) groups excluding carboxylic acids is 1. The van der Waals surface area contributed by atoms with Crippen LogP contribution in [0.4, 0.5) is 11.4 Å². The Morgan fingerprint density at radius 2 is 1.81 bits per heavy atom. The van der Waals surface area contributed by atoms with E-state index >= 15 is 0 Å². The van der Waals surface area contributed by atoms with Crippen LogP contribution in [0.1, 0.15) is 22.8 Å². The van der Waals surface area contributed by atoms with Crippen LogP contribution in [0.25, 0.3) is 0 Å². The summed E-state index contributed by atoms with van der Waals surface area (Å²) in [5.41, 5.74) is 9.24. The second-order valence-electron chi connectivity index (χ2n) is 6.45. The van der Waals surface area contributed by atoms with Crippen molar-refractivity contribution in [2.24, 2.45) is 5.73 Å². The number of amides is 1. The Hall–Kier alpha value is -2.31. The lowest BCUT2D eigenvalue weighted by atomic mass is 10.1. The zero-order valence-corrected chi connectivity index (χ0v) is 16.8. The molecule has 1 fully saturated rings. The van der Waals surface area contributed by atoms with Crippen LogP contribution < -0.4 is 16.0 Å². The first-order valence-corrected chi connectivity index (χ1v) is 9.76. The number of nitrogens with one attached hydrogen (secondary N) is 1. The van der Waals surface area contributed by atoms with Crippen LogP contribution >= 0.6 is 23.8 Å². The first-order valence-electron chi connectivity index (χ1n) is 8.97. The second kappa shape index (κ2) is 8.59. The van der Waals surface area contributed by atoms with Gasteiger partial charge in [-0.2, -0.15) is 0 Å². The van der Waals surface area contributed by atoms with E-state index in [-0.39, 0.29) is 11.0 Å². The summed E-state index contributed by atoms with van der Waals surface area (Å²) < 4.78 is 0. The molecule has 1 aliphatic rings. The van der Waals surface area contributed by atoms with Gasteiger partial charge in [0.25, 0.3) is 5.91 Å². The van der Waals surface area contributed by atoms with E-state index in [1.807, 2.05) is 47.4 Å². The maximum absolute atomic E-state index is 12.8. The first-order chi connectivity index (χ1) is 13.0. The van der Waals surface area contributed by atoms with Gasteiger partial charge in [0, 0.05) is 31.7 Å². The van der Waals surface area contributed by atoms with Gasteiger partial charge in [0.15, 0.2) is 5.11 Å². The van der Waals surface area contributed by atoms with Gasteiger partial charge in [-0.1, -0.05) is 36.7 Å². The number of thiocarbonyl (C=S) groups is 1. The van der Waals surface area contributed by atoms with E-state index in [1.165, 1.54) is 5.56 Å². The molecule has 1 heterocycles. The minimum Gasteiger partial charge on any atom is -0.376 e. The monoisotopic (exact) mass is 402 g/mol. The highest BCUT2D eigenvalue weighted by Crippen LogP contribution is 2.34. The molecule has 142 valence electrons. The van der Waals surface area contributed by atoms with Crippen molar-refractivity contribution < 1.29 is 4.79 Å². The number of hydrogen-bond donors (Lipinski definition) is 2. The van der Waals surface area contributed by atoms with Gasteiger partial charge >= 0.3 is 0 Å². The van der Waals surface area contributed by atoms with Crippen LogP contribution in [-0.4, -0.2) is 42.1 Å². The van der Waals surface area contributed by atoms with Crippen LogP contribution in [-0.2, 0) is 6.42 Å². The van der Waals surface area contributed by atoms with Gasteiger partial charge in [-0.15, -0.1) is 0 Å². The number of para-hydroxylation sites is 1. The third-order valence-electron chi connectivity index (χ3n) is 4.74. The summed E-state index contributed by atoms with van der Waals surface area (Å²) >= 11 is 11.4. The number of nitrogens with two attached hydrogens (primary N) is 1. The number of carbonyl (C=O) groups is 1. The topological polar surface area (TPSA) is 61.6 Å². The number of hydrogen-bond acceptors (Lipinski definition) is 3. The maximum atomic E-state index is 12.8. The van der Waals surface area contributed by atoms with Crippen LogP contribution in [0.15, 0.2) is 42.5 Å². The highest BCUT2D eigenvalue weighted by Gasteiger charge is 2.25. The standard InChI is InChI=1S/C20H23ClN4OS/c1-2-14-6-8-15(9-7-14)19(26)25-12-10-24(11-13-25)18-16(21)4-3-5-17(18)23-20(22)27/h3-9H,2,10-13H2,1H3,(H3,22,23,27). The van der Waals surface area contributed by atoms with E-state index in [2.05, 4.69) is 17.1 Å². The fraction of sp³-hybridized carbons (Fsp3) is 0.300. The maximum Gasteiger partial charge on any atom is 0.253 e. The van der Waals surface area contributed by atoms with E-state index in [9.17, 15) is 4.79 Å². The summed E-state index contributed by atoms with van der Waals surface area (Å²) in [6.07, 6.45) is 0.966. The van der Waals surface area contributed by atoms with E-state index in [0.717, 1.165) is 23.4 Å². The zero-order valence-electron chi connectivity index (χ0n) is 15.2. The van der Waals surface area contributed by atoms with Crippen molar-refractivity contribution in [3.8, 4) is 0 Å². The molecule has 0 bridgehead atoms. The molecule has 2 aromatic rings. The predicted octanol–water partition coefficient (Wildman–Crippen LogP) is 3.52. The van der Waals surface area contributed by atoms with Gasteiger partial charge in [0.2, 0.25) is 0 Å². The molecule has 0 saturated carbocycles. The van der Waals surface area contributed by atoms with E-state index < -0.39 is 0 Å². The third kappa shape index (κ3) is 4.51. The summed E-state index contributed by atoms with van der Waals surface area (Å²) in [5, 5.41) is 3.81. The normalized spacial score (nSPS) is 14.1. The zero-order chi connectivity index (χ0) is 19.4. The molecule has 0 unspecified atom stereocenters. The summed E-state index contributed by atoms with van der Waals surface area (Å²) in [7, 11) is 0. The molecular formula is C20H23ClN4OS. The predicted molar refractivity (Wildman–Crippen MR) is 116 cm³/mol. The molecule has 2 aromatic carbocycles. The number of rotatable bonds is 4. The van der Waals surface area contributed by atoms with Crippen molar-refractivity contribution in [2.75, 3.05) is 36.4 Å². The summed E-state index contributed by atoms with van der Waals surface area (Å²) in [6.45, 7) is 4.74. The average Bonchev–Trinajstić information content (AvgIpc) is 2.67. The number of anilines is 2. The molecular weight excluding hydrogens is 380 g/mol. The molecule has 27 heavy (non-hydrogen) atoms. The lowest BCUT2D eigenvalue weighted by Gasteiger charge is -2.37. The Balaban J connectivity index is 1.70. The highest BCUT2D eigenvalue weighted by molar-refractivity contribution is 7.80. The molecule has 0 aliphatic carbocycles. The molecule has 0 radical (unpaired) electrons. The molecule has 1 amide bonds. The third-order valence-corrected chi connectivity index (χ3v) is 5.14. The number of nitrogens with zero attached hydrogens (tertiary/aromatic N) is 2. The number of piperazine rings is 1. The van der Waals surface area contributed by atoms with Gasteiger partial charge in [0.05, 0.1) is 16.4 Å². The molecule has 3 rings (SSSR count). The molecule has 0 atom stereocenters. The fourth-order valence-corrected chi connectivity index (χ4v) is 3.67.